The summed E-state index contributed by atoms with van der Waals surface area (Å²) in [6.07, 6.45) is 6.44. The average Bonchev–Trinajstić information content (AvgIpc) is 2.85. The Morgan fingerprint density at radius 1 is 0.853 bits per heavy atom. The van der Waals surface area contributed by atoms with Crippen LogP contribution in [0.3, 0.4) is 0 Å². The summed E-state index contributed by atoms with van der Waals surface area (Å²) in [5.41, 5.74) is 0.934. The summed E-state index contributed by atoms with van der Waals surface area (Å²) in [5, 5.41) is 9.50. The minimum absolute atomic E-state index is 0.0591. The zero-order valence-electron chi connectivity index (χ0n) is 19.3. The molecule has 0 unspecified atom stereocenters. The Kier molecular flexibility index (Phi) is 7.48. The number of benzene rings is 3. The molecule has 1 amide bonds. The lowest BCUT2D eigenvalue weighted by Gasteiger charge is -2.23. The average molecular weight is 460 g/mol. The van der Waals surface area contributed by atoms with E-state index in [2.05, 4.69) is 0 Å². The van der Waals surface area contributed by atoms with E-state index in [0.717, 1.165) is 12.4 Å². The third kappa shape index (κ3) is 5.76. The molecule has 34 heavy (non-hydrogen) atoms. The fraction of sp³-hybridized carbons (Fsp3) is 0.286. The first-order valence-electron chi connectivity index (χ1n) is 11.6. The molecule has 0 spiro atoms. The van der Waals surface area contributed by atoms with Crippen LogP contribution in [0.2, 0.25) is 0 Å². The summed E-state index contributed by atoms with van der Waals surface area (Å²) in [4.78, 5) is 25.4. The van der Waals surface area contributed by atoms with Crippen molar-refractivity contribution in [1.82, 2.24) is 0 Å². The number of para-hydroxylation sites is 1. The van der Waals surface area contributed by atoms with Gasteiger partial charge in [0.15, 0.2) is 0 Å². The highest BCUT2D eigenvalue weighted by Gasteiger charge is 2.20. The van der Waals surface area contributed by atoms with E-state index in [4.69, 9.17) is 9.47 Å². The molecule has 3 aromatic carbocycles. The van der Waals surface area contributed by atoms with Crippen LogP contribution in [0.4, 0.5) is 11.4 Å². The van der Waals surface area contributed by atoms with Crippen LogP contribution in [-0.2, 0) is 4.79 Å². The van der Waals surface area contributed by atoms with Gasteiger partial charge in [-0.1, -0.05) is 31.4 Å². The number of rotatable bonds is 8. The van der Waals surface area contributed by atoms with Gasteiger partial charge in [0.1, 0.15) is 17.2 Å². The van der Waals surface area contributed by atoms with Crippen LogP contribution < -0.4 is 14.4 Å². The molecule has 4 rings (SSSR count). The van der Waals surface area contributed by atoms with Gasteiger partial charge < -0.3 is 14.6 Å². The number of carbonyl (C=O) groups excluding carboxylic acids is 1. The Balaban J connectivity index is 1.42. The van der Waals surface area contributed by atoms with E-state index >= 15 is 0 Å². The number of anilines is 2. The predicted octanol–water partition coefficient (Wildman–Crippen LogP) is 6.82. The molecule has 3 aromatic rings. The van der Waals surface area contributed by atoms with Crippen LogP contribution in [-0.4, -0.2) is 23.6 Å². The molecule has 1 saturated carbocycles. The number of nitrogens with zero attached hydrogens (tertiary/aromatic N) is 1. The van der Waals surface area contributed by atoms with Crippen molar-refractivity contribution in [2.24, 2.45) is 5.92 Å². The fourth-order valence-corrected chi connectivity index (χ4v) is 4.31. The van der Waals surface area contributed by atoms with Gasteiger partial charge in [-0.25, -0.2) is 4.79 Å². The maximum atomic E-state index is 12.4. The van der Waals surface area contributed by atoms with Gasteiger partial charge >= 0.3 is 5.97 Å². The van der Waals surface area contributed by atoms with Crippen LogP contribution in [0.1, 0.15) is 49.4 Å². The van der Waals surface area contributed by atoms with Gasteiger partial charge in [-0.3, -0.25) is 9.69 Å². The molecule has 0 bridgehead atoms. The standard InChI is InChI=1S/C28H29NO5/c1-20(30)29(27-10-6-5-9-26(27)28(31)32)22-11-13-24(14-12-22)34-25-17-15-23(16-18-25)33-19-21-7-3-2-4-8-21/h5-6,9-18,21H,2-4,7-8,19H2,1H3,(H,31,32). The maximum absolute atomic E-state index is 12.4. The first kappa shape index (κ1) is 23.4. The molecule has 6 heteroatoms. The van der Waals surface area contributed by atoms with Gasteiger partial charge in [0.2, 0.25) is 5.91 Å². The second-order valence-corrected chi connectivity index (χ2v) is 8.56. The molecule has 1 N–H and O–H groups in total. The molecule has 0 heterocycles. The Morgan fingerprint density at radius 3 is 2.06 bits per heavy atom. The SMILES string of the molecule is CC(=O)N(c1ccc(Oc2ccc(OCC3CCCCC3)cc2)cc1)c1ccccc1C(=O)O. The second kappa shape index (κ2) is 10.9. The van der Waals surface area contributed by atoms with Crippen molar-refractivity contribution >= 4 is 23.3 Å². The number of carbonyl (C=O) groups is 2. The lowest BCUT2D eigenvalue weighted by atomic mass is 9.90. The van der Waals surface area contributed by atoms with Crippen molar-refractivity contribution in [3.05, 3.63) is 78.4 Å². The fourth-order valence-electron chi connectivity index (χ4n) is 4.31. The first-order valence-corrected chi connectivity index (χ1v) is 11.6. The molecule has 0 aliphatic heterocycles. The highest BCUT2D eigenvalue weighted by molar-refractivity contribution is 6.05. The molecule has 1 aliphatic rings. The summed E-state index contributed by atoms with van der Waals surface area (Å²) in [5.74, 6) is 1.40. The van der Waals surface area contributed by atoms with Crippen molar-refractivity contribution in [1.29, 1.82) is 0 Å². The quantitative estimate of drug-likeness (QED) is 0.400. The number of ether oxygens (including phenoxy) is 2. The molecule has 1 aliphatic carbocycles. The van der Waals surface area contributed by atoms with E-state index in [1.807, 2.05) is 24.3 Å². The molecule has 0 saturated heterocycles. The Labute approximate surface area is 199 Å². The summed E-state index contributed by atoms with van der Waals surface area (Å²) >= 11 is 0. The van der Waals surface area contributed by atoms with Gasteiger partial charge in [0.05, 0.1) is 17.9 Å². The summed E-state index contributed by atoms with van der Waals surface area (Å²) in [6.45, 7) is 2.17. The summed E-state index contributed by atoms with van der Waals surface area (Å²) in [6, 6.07) is 21.0. The Hall–Kier alpha value is -3.80. The van der Waals surface area contributed by atoms with Crippen LogP contribution in [0, 0.1) is 5.92 Å². The van der Waals surface area contributed by atoms with E-state index in [1.54, 1.807) is 42.5 Å². The van der Waals surface area contributed by atoms with Crippen LogP contribution in [0.5, 0.6) is 17.2 Å². The van der Waals surface area contributed by atoms with E-state index in [0.29, 0.717) is 28.8 Å². The number of carboxylic acids is 1. The monoisotopic (exact) mass is 459 g/mol. The molecule has 0 atom stereocenters. The molecular formula is C28H29NO5. The minimum Gasteiger partial charge on any atom is -0.493 e. The highest BCUT2D eigenvalue weighted by atomic mass is 16.5. The molecular weight excluding hydrogens is 430 g/mol. The topological polar surface area (TPSA) is 76.1 Å². The molecule has 1 fully saturated rings. The lowest BCUT2D eigenvalue weighted by Crippen LogP contribution is -2.24. The Morgan fingerprint density at radius 2 is 1.44 bits per heavy atom. The largest absolute Gasteiger partial charge is 0.493 e. The number of aromatic carboxylic acids is 1. The van der Waals surface area contributed by atoms with E-state index in [9.17, 15) is 14.7 Å². The molecule has 6 nitrogen and oxygen atoms in total. The van der Waals surface area contributed by atoms with Crippen molar-refractivity contribution in [2.45, 2.75) is 39.0 Å². The molecule has 176 valence electrons. The zero-order chi connectivity index (χ0) is 23.9. The second-order valence-electron chi connectivity index (χ2n) is 8.56. The van der Waals surface area contributed by atoms with Crippen LogP contribution in [0.15, 0.2) is 72.8 Å². The lowest BCUT2D eigenvalue weighted by molar-refractivity contribution is -0.115. The summed E-state index contributed by atoms with van der Waals surface area (Å²) in [7, 11) is 0. The zero-order valence-corrected chi connectivity index (χ0v) is 19.3. The normalized spacial score (nSPS) is 13.8. The van der Waals surface area contributed by atoms with E-state index in [-0.39, 0.29) is 11.5 Å². The van der Waals surface area contributed by atoms with Crippen molar-refractivity contribution in [3.8, 4) is 17.2 Å². The van der Waals surface area contributed by atoms with Crippen molar-refractivity contribution in [2.75, 3.05) is 11.5 Å². The van der Waals surface area contributed by atoms with Gasteiger partial charge in [-0.05, 0) is 79.4 Å². The number of amides is 1. The van der Waals surface area contributed by atoms with Gasteiger partial charge in [-0.2, -0.15) is 0 Å². The van der Waals surface area contributed by atoms with Gasteiger partial charge in [0, 0.05) is 12.6 Å². The molecule has 0 radical (unpaired) electrons. The van der Waals surface area contributed by atoms with Crippen LogP contribution >= 0.6 is 0 Å². The smallest absolute Gasteiger partial charge is 0.337 e. The van der Waals surface area contributed by atoms with Crippen molar-refractivity contribution < 1.29 is 24.2 Å². The van der Waals surface area contributed by atoms with Gasteiger partial charge in [-0.15, -0.1) is 0 Å². The van der Waals surface area contributed by atoms with E-state index in [1.165, 1.54) is 50.0 Å². The Bertz CT molecular complexity index is 1120. The third-order valence-electron chi connectivity index (χ3n) is 6.06. The predicted molar refractivity (Wildman–Crippen MR) is 131 cm³/mol. The van der Waals surface area contributed by atoms with Crippen molar-refractivity contribution in [3.63, 3.8) is 0 Å². The number of hydrogen-bond donors (Lipinski definition) is 1. The van der Waals surface area contributed by atoms with E-state index < -0.39 is 5.97 Å². The highest BCUT2D eigenvalue weighted by Crippen LogP contribution is 2.32. The number of carboxylic acid groups (broad SMARTS) is 1. The number of hydrogen-bond acceptors (Lipinski definition) is 4. The minimum atomic E-state index is -1.09. The van der Waals surface area contributed by atoms with Gasteiger partial charge in [0.25, 0.3) is 0 Å². The first-order chi connectivity index (χ1) is 16.5. The molecule has 0 aromatic heterocycles. The maximum Gasteiger partial charge on any atom is 0.337 e. The van der Waals surface area contributed by atoms with Crippen LogP contribution in [0.25, 0.3) is 0 Å². The summed E-state index contributed by atoms with van der Waals surface area (Å²) < 4.78 is 11.9. The third-order valence-corrected chi connectivity index (χ3v) is 6.06.